The second kappa shape index (κ2) is 10.2. The first-order valence-corrected chi connectivity index (χ1v) is 7.36. The molecule has 0 aromatic heterocycles. The molecule has 0 aromatic rings. The number of ether oxygens (including phenoxy) is 1. The summed E-state index contributed by atoms with van der Waals surface area (Å²) in [5.41, 5.74) is -0.434. The van der Waals surface area contributed by atoms with E-state index in [1.165, 1.54) is 39.2 Å². The first-order valence-electron chi connectivity index (χ1n) is 7.36. The van der Waals surface area contributed by atoms with E-state index in [9.17, 15) is 4.79 Å². The number of hydrogen-bond donors (Lipinski definition) is 0. The summed E-state index contributed by atoms with van der Waals surface area (Å²) in [6, 6.07) is 0. The maximum Gasteiger partial charge on any atom is 0.315 e. The molecule has 0 bridgehead atoms. The van der Waals surface area contributed by atoms with E-state index in [-0.39, 0.29) is 5.97 Å². The fourth-order valence-electron chi connectivity index (χ4n) is 2.07. The van der Waals surface area contributed by atoms with Gasteiger partial charge in [0.15, 0.2) is 0 Å². The summed E-state index contributed by atoms with van der Waals surface area (Å²) in [7, 11) is 1.48. The van der Waals surface area contributed by atoms with Crippen LogP contribution in [0.25, 0.3) is 0 Å². The molecule has 0 N–H and O–H groups in total. The van der Waals surface area contributed by atoms with Gasteiger partial charge >= 0.3 is 5.97 Å². The highest BCUT2D eigenvalue weighted by Crippen LogP contribution is 2.28. The van der Waals surface area contributed by atoms with Crippen LogP contribution in [0.5, 0.6) is 0 Å². The van der Waals surface area contributed by atoms with Crippen molar-refractivity contribution in [2.75, 3.05) is 7.11 Å². The maximum atomic E-state index is 11.9. The molecule has 2 heteroatoms. The monoisotopic (exact) mass is 254 g/mol. The van der Waals surface area contributed by atoms with Crippen molar-refractivity contribution in [1.29, 1.82) is 0 Å². The number of esters is 1. The molecule has 0 spiro atoms. The Balaban J connectivity index is 4.33. The van der Waals surface area contributed by atoms with Gasteiger partial charge in [-0.05, 0) is 19.8 Å². The Morgan fingerprint density at radius 1 is 1.11 bits per heavy atom. The molecule has 1 unspecified atom stereocenters. The van der Waals surface area contributed by atoms with Crippen molar-refractivity contribution in [2.24, 2.45) is 5.41 Å². The number of carbonyl (C=O) groups is 1. The van der Waals surface area contributed by atoms with Crippen LogP contribution in [0.4, 0.5) is 0 Å². The van der Waals surface area contributed by atoms with Crippen molar-refractivity contribution in [3.8, 4) is 0 Å². The van der Waals surface area contributed by atoms with E-state index in [2.05, 4.69) is 26.0 Å². The summed E-state index contributed by atoms with van der Waals surface area (Å²) in [6.45, 7) is 6.37. The molecule has 2 nitrogen and oxygen atoms in total. The van der Waals surface area contributed by atoms with Gasteiger partial charge in [-0.15, -0.1) is 0 Å². The van der Waals surface area contributed by atoms with E-state index >= 15 is 0 Å². The lowest BCUT2D eigenvalue weighted by Crippen LogP contribution is -2.27. The van der Waals surface area contributed by atoms with E-state index < -0.39 is 5.41 Å². The van der Waals surface area contributed by atoms with Gasteiger partial charge in [0, 0.05) is 0 Å². The van der Waals surface area contributed by atoms with Crippen LogP contribution in [0.2, 0.25) is 0 Å². The predicted octanol–water partition coefficient (Wildman–Crippen LogP) is 4.88. The van der Waals surface area contributed by atoms with Gasteiger partial charge in [0.1, 0.15) is 0 Å². The van der Waals surface area contributed by atoms with Gasteiger partial charge in [0.05, 0.1) is 12.5 Å². The summed E-state index contributed by atoms with van der Waals surface area (Å²) in [6.07, 6.45) is 13.3. The van der Waals surface area contributed by atoms with Crippen LogP contribution in [0, 0.1) is 5.41 Å². The minimum Gasteiger partial charge on any atom is -0.468 e. The lowest BCUT2D eigenvalue weighted by atomic mass is 9.84. The van der Waals surface area contributed by atoms with Crippen molar-refractivity contribution < 1.29 is 9.53 Å². The van der Waals surface area contributed by atoms with E-state index in [1.807, 2.05) is 6.92 Å². The van der Waals surface area contributed by atoms with Crippen LogP contribution >= 0.6 is 0 Å². The van der Waals surface area contributed by atoms with Gasteiger partial charge in [0.25, 0.3) is 0 Å². The second-order valence-corrected chi connectivity index (χ2v) is 5.26. The highest BCUT2D eigenvalue weighted by molar-refractivity contribution is 5.78. The lowest BCUT2D eigenvalue weighted by molar-refractivity contribution is -0.149. The quantitative estimate of drug-likeness (QED) is 0.315. The van der Waals surface area contributed by atoms with Gasteiger partial charge in [0.2, 0.25) is 0 Å². The summed E-state index contributed by atoms with van der Waals surface area (Å²) in [5, 5.41) is 0. The normalized spacial score (nSPS) is 14.7. The van der Waals surface area contributed by atoms with Gasteiger partial charge in [-0.2, -0.15) is 0 Å². The molecule has 0 saturated heterocycles. The Hall–Kier alpha value is -0.790. The minimum absolute atomic E-state index is 0.105. The van der Waals surface area contributed by atoms with E-state index in [0.717, 1.165) is 19.3 Å². The maximum absolute atomic E-state index is 11.9. The van der Waals surface area contributed by atoms with Gasteiger partial charge in [-0.25, -0.2) is 0 Å². The SMILES string of the molecule is CCCCC=CC(C)(CCCCCC)C(=O)OC. The summed E-state index contributed by atoms with van der Waals surface area (Å²) >= 11 is 0. The van der Waals surface area contributed by atoms with E-state index in [1.54, 1.807) is 0 Å². The lowest BCUT2D eigenvalue weighted by Gasteiger charge is -2.23. The molecular weight excluding hydrogens is 224 g/mol. The van der Waals surface area contributed by atoms with Crippen LogP contribution in [-0.2, 0) is 9.53 Å². The smallest absolute Gasteiger partial charge is 0.315 e. The van der Waals surface area contributed by atoms with Crippen molar-refractivity contribution in [3.05, 3.63) is 12.2 Å². The highest BCUT2D eigenvalue weighted by atomic mass is 16.5. The Labute approximate surface area is 113 Å². The number of hydrogen-bond acceptors (Lipinski definition) is 2. The Kier molecular flexibility index (Phi) is 9.72. The molecule has 0 rings (SSSR count). The summed E-state index contributed by atoms with van der Waals surface area (Å²) in [5.74, 6) is -0.105. The number of rotatable bonds is 10. The Bertz CT molecular complexity index is 245. The largest absolute Gasteiger partial charge is 0.468 e. The van der Waals surface area contributed by atoms with Crippen molar-refractivity contribution in [3.63, 3.8) is 0 Å². The molecule has 0 aromatic carbocycles. The van der Waals surface area contributed by atoms with E-state index in [0.29, 0.717) is 0 Å². The summed E-state index contributed by atoms with van der Waals surface area (Å²) in [4.78, 5) is 11.9. The number of methoxy groups -OCH3 is 1. The van der Waals surface area contributed by atoms with Gasteiger partial charge < -0.3 is 4.74 Å². The van der Waals surface area contributed by atoms with Crippen LogP contribution in [0.1, 0.15) is 72.1 Å². The molecule has 0 saturated carbocycles. The van der Waals surface area contributed by atoms with Crippen LogP contribution < -0.4 is 0 Å². The number of unbranched alkanes of at least 4 members (excludes halogenated alkanes) is 5. The molecule has 0 aliphatic carbocycles. The number of allylic oxidation sites excluding steroid dienone is 1. The first-order chi connectivity index (χ1) is 8.60. The minimum atomic E-state index is -0.434. The number of carbonyl (C=O) groups excluding carboxylic acids is 1. The summed E-state index contributed by atoms with van der Waals surface area (Å²) < 4.78 is 4.94. The topological polar surface area (TPSA) is 26.3 Å². The molecule has 0 heterocycles. The first kappa shape index (κ1) is 17.2. The van der Waals surface area contributed by atoms with Crippen LogP contribution in [-0.4, -0.2) is 13.1 Å². The van der Waals surface area contributed by atoms with Crippen molar-refractivity contribution in [1.82, 2.24) is 0 Å². The van der Waals surface area contributed by atoms with Crippen molar-refractivity contribution in [2.45, 2.75) is 72.1 Å². The third-order valence-corrected chi connectivity index (χ3v) is 3.41. The van der Waals surface area contributed by atoms with Gasteiger partial charge in [-0.3, -0.25) is 4.79 Å². The average Bonchev–Trinajstić information content (AvgIpc) is 2.39. The third kappa shape index (κ3) is 6.83. The van der Waals surface area contributed by atoms with E-state index in [4.69, 9.17) is 4.74 Å². The highest BCUT2D eigenvalue weighted by Gasteiger charge is 2.30. The molecule has 0 fully saturated rings. The Morgan fingerprint density at radius 2 is 1.78 bits per heavy atom. The van der Waals surface area contributed by atoms with Crippen LogP contribution in [0.15, 0.2) is 12.2 Å². The average molecular weight is 254 g/mol. The molecule has 0 aliphatic rings. The predicted molar refractivity (Wildman–Crippen MR) is 77.5 cm³/mol. The zero-order valence-corrected chi connectivity index (χ0v) is 12.6. The molecule has 0 aliphatic heterocycles. The molecule has 106 valence electrons. The van der Waals surface area contributed by atoms with Crippen molar-refractivity contribution >= 4 is 5.97 Å². The molecule has 0 radical (unpaired) electrons. The third-order valence-electron chi connectivity index (χ3n) is 3.41. The molecule has 0 amide bonds. The molecule has 18 heavy (non-hydrogen) atoms. The zero-order valence-electron chi connectivity index (χ0n) is 12.6. The molecule has 1 atom stereocenters. The standard InChI is InChI=1S/C16H30O2/c1-5-7-9-11-13-16(3,15(17)18-4)14-12-10-8-6-2/h11,13H,5-10,12,14H2,1-4H3. The fraction of sp³-hybridized carbons (Fsp3) is 0.812. The fourth-order valence-corrected chi connectivity index (χ4v) is 2.07. The van der Waals surface area contributed by atoms with Gasteiger partial charge in [-0.1, -0.05) is 64.5 Å². The second-order valence-electron chi connectivity index (χ2n) is 5.26. The molecular formula is C16H30O2. The Morgan fingerprint density at radius 3 is 2.33 bits per heavy atom. The zero-order chi connectivity index (χ0) is 13.9. The van der Waals surface area contributed by atoms with Crippen LogP contribution in [0.3, 0.4) is 0 Å².